The number of rotatable bonds is 4. The monoisotopic (exact) mass is 388 g/mol. The van der Waals surface area contributed by atoms with Crippen LogP contribution in [0, 0.1) is 11.3 Å². The van der Waals surface area contributed by atoms with Gasteiger partial charge in [-0.05, 0) is 30.0 Å². The molecular formula is C17H22ClFN2O3S. The van der Waals surface area contributed by atoms with Gasteiger partial charge in [-0.2, -0.15) is 0 Å². The van der Waals surface area contributed by atoms with E-state index in [1.807, 2.05) is 6.07 Å². The lowest BCUT2D eigenvalue weighted by molar-refractivity contribution is -0.129. The summed E-state index contributed by atoms with van der Waals surface area (Å²) in [4.78, 5) is 14.3. The molecule has 0 bridgehead atoms. The smallest absolute Gasteiger partial charge is 0.227 e. The fourth-order valence-electron chi connectivity index (χ4n) is 3.94. The fraction of sp³-hybridized carbons (Fsp3) is 0.588. The molecule has 0 aliphatic carbocycles. The molecule has 1 amide bonds. The highest BCUT2D eigenvalue weighted by Crippen LogP contribution is 2.43. The predicted molar refractivity (Wildman–Crippen MR) is 94.7 cm³/mol. The number of hydrogen-bond acceptors (Lipinski definition) is 3. The maximum Gasteiger partial charge on any atom is 0.227 e. The number of benzene rings is 1. The molecule has 2 aliphatic heterocycles. The third-order valence-corrected chi connectivity index (χ3v) is 6.85. The highest BCUT2D eigenvalue weighted by molar-refractivity contribution is 7.88. The van der Waals surface area contributed by atoms with Crippen molar-refractivity contribution in [3.05, 3.63) is 34.9 Å². The Balaban J connectivity index is 1.73. The van der Waals surface area contributed by atoms with Crippen molar-refractivity contribution in [3.63, 3.8) is 0 Å². The van der Waals surface area contributed by atoms with E-state index in [-0.39, 0.29) is 31.3 Å². The van der Waals surface area contributed by atoms with E-state index < -0.39 is 22.1 Å². The van der Waals surface area contributed by atoms with E-state index in [1.165, 1.54) is 4.31 Å². The molecule has 138 valence electrons. The average molecular weight is 389 g/mol. The molecule has 2 atom stereocenters. The molecule has 8 heteroatoms. The van der Waals surface area contributed by atoms with Crippen LogP contribution in [0.1, 0.15) is 12.0 Å². The zero-order valence-corrected chi connectivity index (χ0v) is 15.7. The number of fused-ring (bicyclic) bond motifs is 1. The van der Waals surface area contributed by atoms with Crippen LogP contribution < -0.4 is 0 Å². The molecule has 2 unspecified atom stereocenters. The Morgan fingerprint density at radius 2 is 2.16 bits per heavy atom. The highest BCUT2D eigenvalue weighted by atomic mass is 35.5. The lowest BCUT2D eigenvalue weighted by atomic mass is 9.75. The molecule has 2 saturated heterocycles. The molecule has 0 radical (unpaired) electrons. The molecule has 0 spiro atoms. The number of halogens is 2. The Kier molecular flexibility index (Phi) is 5.10. The van der Waals surface area contributed by atoms with Crippen molar-refractivity contribution in [3.8, 4) is 0 Å². The van der Waals surface area contributed by atoms with Gasteiger partial charge in [0.2, 0.25) is 15.9 Å². The zero-order chi connectivity index (χ0) is 18.2. The average Bonchev–Trinajstić information content (AvgIpc) is 2.93. The van der Waals surface area contributed by atoms with Gasteiger partial charge in [0, 0.05) is 36.6 Å². The van der Waals surface area contributed by atoms with Crippen LogP contribution in [0.25, 0.3) is 0 Å². The summed E-state index contributed by atoms with van der Waals surface area (Å²) in [5.74, 6) is -0.0748. The standard InChI is InChI=1S/C17H22ClFN2O3S/c1-25(23,24)21-6-5-14-9-20(11-17(14,10-19)12-21)16(22)8-13-3-2-4-15(18)7-13/h2-4,7,14H,5-6,8-12H2,1H3. The van der Waals surface area contributed by atoms with Crippen LogP contribution in [0.5, 0.6) is 0 Å². The minimum absolute atomic E-state index is 0.00110. The van der Waals surface area contributed by atoms with Gasteiger partial charge in [-0.3, -0.25) is 9.18 Å². The van der Waals surface area contributed by atoms with E-state index in [1.54, 1.807) is 23.1 Å². The minimum atomic E-state index is -3.36. The van der Waals surface area contributed by atoms with Crippen LogP contribution in [0.4, 0.5) is 4.39 Å². The Morgan fingerprint density at radius 1 is 1.40 bits per heavy atom. The van der Waals surface area contributed by atoms with Gasteiger partial charge in [0.05, 0.1) is 19.4 Å². The third-order valence-electron chi connectivity index (χ3n) is 5.36. The van der Waals surface area contributed by atoms with Crippen molar-refractivity contribution in [2.45, 2.75) is 12.8 Å². The van der Waals surface area contributed by atoms with Crippen LogP contribution in [-0.2, 0) is 21.2 Å². The normalized spacial score (nSPS) is 27.3. The van der Waals surface area contributed by atoms with Crippen molar-refractivity contribution in [1.29, 1.82) is 0 Å². The Morgan fingerprint density at radius 3 is 2.80 bits per heavy atom. The topological polar surface area (TPSA) is 57.7 Å². The van der Waals surface area contributed by atoms with Gasteiger partial charge in [-0.15, -0.1) is 0 Å². The second-order valence-corrected chi connectivity index (χ2v) is 9.58. The second kappa shape index (κ2) is 6.85. The van der Waals surface area contributed by atoms with E-state index >= 15 is 0 Å². The van der Waals surface area contributed by atoms with E-state index in [0.29, 0.717) is 24.5 Å². The van der Waals surface area contributed by atoms with Gasteiger partial charge in [0.1, 0.15) is 0 Å². The maximum atomic E-state index is 13.9. The first kappa shape index (κ1) is 18.6. The first-order valence-corrected chi connectivity index (χ1v) is 10.5. The lowest BCUT2D eigenvalue weighted by Gasteiger charge is -2.41. The maximum absolute atomic E-state index is 13.9. The summed E-state index contributed by atoms with van der Waals surface area (Å²) in [7, 11) is -3.36. The summed E-state index contributed by atoms with van der Waals surface area (Å²) in [5.41, 5.74) is 0.0325. The molecule has 25 heavy (non-hydrogen) atoms. The van der Waals surface area contributed by atoms with E-state index in [9.17, 15) is 17.6 Å². The summed E-state index contributed by atoms with van der Waals surface area (Å²) >= 11 is 5.95. The van der Waals surface area contributed by atoms with Crippen LogP contribution >= 0.6 is 11.6 Å². The molecule has 1 aromatic carbocycles. The van der Waals surface area contributed by atoms with Crippen molar-refractivity contribution in [1.82, 2.24) is 9.21 Å². The minimum Gasteiger partial charge on any atom is -0.341 e. The number of piperidine rings is 1. The molecule has 2 aliphatic rings. The molecular weight excluding hydrogens is 367 g/mol. The van der Waals surface area contributed by atoms with Gasteiger partial charge < -0.3 is 4.90 Å². The third kappa shape index (κ3) is 3.83. The predicted octanol–water partition coefficient (Wildman–Crippen LogP) is 1.96. The molecule has 0 N–H and O–H groups in total. The number of nitrogens with zero attached hydrogens (tertiary/aromatic N) is 2. The number of hydrogen-bond donors (Lipinski definition) is 0. The number of alkyl halides is 1. The van der Waals surface area contributed by atoms with Crippen molar-refractivity contribution >= 4 is 27.5 Å². The largest absolute Gasteiger partial charge is 0.341 e. The SMILES string of the molecule is CS(=O)(=O)N1CCC2CN(C(=O)Cc3cccc(Cl)c3)CC2(CF)C1. The number of carbonyl (C=O) groups excluding carboxylic acids is 1. The summed E-state index contributed by atoms with van der Waals surface area (Å²) < 4.78 is 38.9. The summed E-state index contributed by atoms with van der Waals surface area (Å²) in [5, 5.41) is 0.574. The van der Waals surface area contributed by atoms with Gasteiger partial charge in [0.15, 0.2) is 0 Å². The number of likely N-dealkylation sites (tertiary alicyclic amines) is 1. The molecule has 1 aromatic rings. The Hall–Kier alpha value is -1.18. The van der Waals surface area contributed by atoms with Gasteiger partial charge >= 0.3 is 0 Å². The molecule has 3 rings (SSSR count). The fourth-order valence-corrected chi connectivity index (χ4v) is 5.08. The number of sulfonamides is 1. The van der Waals surface area contributed by atoms with Gasteiger partial charge in [0.25, 0.3) is 0 Å². The number of amides is 1. The lowest BCUT2D eigenvalue weighted by Crippen LogP contribution is -2.51. The van der Waals surface area contributed by atoms with Gasteiger partial charge in [-0.25, -0.2) is 12.7 Å². The second-order valence-electron chi connectivity index (χ2n) is 7.16. The van der Waals surface area contributed by atoms with E-state index in [2.05, 4.69) is 0 Å². The van der Waals surface area contributed by atoms with Crippen LogP contribution in [0.2, 0.25) is 5.02 Å². The summed E-state index contributed by atoms with van der Waals surface area (Å²) in [6.45, 7) is 0.667. The summed E-state index contributed by atoms with van der Waals surface area (Å²) in [6, 6.07) is 7.13. The Bertz CT molecular complexity index is 773. The number of carbonyl (C=O) groups is 1. The van der Waals surface area contributed by atoms with Crippen LogP contribution in [0.3, 0.4) is 0 Å². The molecule has 2 fully saturated rings. The van der Waals surface area contributed by atoms with Crippen molar-refractivity contribution < 1.29 is 17.6 Å². The van der Waals surface area contributed by atoms with Crippen molar-refractivity contribution in [2.24, 2.45) is 11.3 Å². The summed E-state index contributed by atoms with van der Waals surface area (Å²) in [6.07, 6.45) is 1.94. The quantitative estimate of drug-likeness (QED) is 0.792. The van der Waals surface area contributed by atoms with Crippen molar-refractivity contribution in [2.75, 3.05) is 39.1 Å². The molecule has 0 aromatic heterocycles. The molecule has 5 nitrogen and oxygen atoms in total. The van der Waals surface area contributed by atoms with Crippen LogP contribution in [-0.4, -0.2) is 62.6 Å². The highest BCUT2D eigenvalue weighted by Gasteiger charge is 2.52. The van der Waals surface area contributed by atoms with E-state index in [0.717, 1.165) is 11.8 Å². The van der Waals surface area contributed by atoms with Gasteiger partial charge in [-0.1, -0.05) is 23.7 Å². The molecule has 0 saturated carbocycles. The first-order valence-electron chi connectivity index (χ1n) is 8.27. The van der Waals surface area contributed by atoms with E-state index in [4.69, 9.17) is 11.6 Å². The van der Waals surface area contributed by atoms with Crippen LogP contribution in [0.15, 0.2) is 24.3 Å². The molecule has 2 heterocycles. The Labute approximate surface area is 152 Å². The zero-order valence-electron chi connectivity index (χ0n) is 14.1. The first-order chi connectivity index (χ1) is 11.7.